The number of carbonyl (C=O) groups excluding carboxylic acids is 1. The van der Waals surface area contributed by atoms with Gasteiger partial charge in [0.15, 0.2) is 5.78 Å². The maximum Gasteiger partial charge on any atom is 0.227 e. The summed E-state index contributed by atoms with van der Waals surface area (Å²) in [5.74, 6) is 0.506. The van der Waals surface area contributed by atoms with Gasteiger partial charge in [0.05, 0.1) is 29.3 Å². The molecule has 0 saturated heterocycles. The first kappa shape index (κ1) is 20.7. The first-order chi connectivity index (χ1) is 17.1. The van der Waals surface area contributed by atoms with Gasteiger partial charge < -0.3 is 10.3 Å². The minimum atomic E-state index is -0.00490. The van der Waals surface area contributed by atoms with Crippen molar-refractivity contribution in [2.75, 3.05) is 5.32 Å². The second kappa shape index (κ2) is 8.45. The van der Waals surface area contributed by atoms with Gasteiger partial charge >= 0.3 is 0 Å². The SMILES string of the molecule is Cc1cc(-c2ccc3cc(C(=O)Cc4ccnnc4)[nH]c3c2)nc(Nc2ccc3[nH]ncc3c2)n1. The number of aromatic nitrogens is 7. The van der Waals surface area contributed by atoms with E-state index in [-0.39, 0.29) is 12.2 Å². The molecule has 4 aromatic heterocycles. The molecule has 0 aliphatic heterocycles. The van der Waals surface area contributed by atoms with Crippen molar-refractivity contribution in [3.05, 3.63) is 90.1 Å². The van der Waals surface area contributed by atoms with Gasteiger partial charge in [0.1, 0.15) is 0 Å². The molecular formula is C26H20N8O. The maximum atomic E-state index is 12.8. The number of nitrogens with zero attached hydrogens (tertiary/aromatic N) is 5. The van der Waals surface area contributed by atoms with E-state index in [1.54, 1.807) is 24.7 Å². The van der Waals surface area contributed by atoms with E-state index in [2.05, 4.69) is 35.7 Å². The van der Waals surface area contributed by atoms with Crippen molar-refractivity contribution in [1.82, 2.24) is 35.3 Å². The predicted molar refractivity (Wildman–Crippen MR) is 134 cm³/mol. The minimum Gasteiger partial charge on any atom is -0.352 e. The lowest BCUT2D eigenvalue weighted by atomic mass is 10.1. The van der Waals surface area contributed by atoms with Gasteiger partial charge in [0, 0.05) is 45.9 Å². The van der Waals surface area contributed by atoms with Crippen molar-refractivity contribution in [1.29, 1.82) is 0 Å². The molecule has 3 N–H and O–H groups in total. The number of aryl methyl sites for hydroxylation is 1. The average Bonchev–Trinajstić information content (AvgIpc) is 3.50. The molecule has 0 spiro atoms. The second-order valence-corrected chi connectivity index (χ2v) is 8.35. The van der Waals surface area contributed by atoms with Crippen LogP contribution >= 0.6 is 0 Å². The van der Waals surface area contributed by atoms with Crippen LogP contribution < -0.4 is 5.32 Å². The van der Waals surface area contributed by atoms with E-state index in [4.69, 9.17) is 4.98 Å². The fourth-order valence-corrected chi connectivity index (χ4v) is 4.06. The molecule has 4 heterocycles. The summed E-state index contributed by atoms with van der Waals surface area (Å²) < 4.78 is 0. The van der Waals surface area contributed by atoms with Crippen LogP contribution in [0.15, 0.2) is 73.2 Å². The largest absolute Gasteiger partial charge is 0.352 e. The van der Waals surface area contributed by atoms with Gasteiger partial charge in [0.25, 0.3) is 0 Å². The van der Waals surface area contributed by atoms with Crippen LogP contribution in [0.5, 0.6) is 0 Å². The number of fused-ring (bicyclic) bond motifs is 2. The van der Waals surface area contributed by atoms with E-state index < -0.39 is 0 Å². The third-order valence-electron chi connectivity index (χ3n) is 5.78. The highest BCUT2D eigenvalue weighted by Crippen LogP contribution is 2.26. The lowest BCUT2D eigenvalue weighted by molar-refractivity contribution is 0.0989. The monoisotopic (exact) mass is 460 g/mol. The van der Waals surface area contributed by atoms with Gasteiger partial charge in [-0.2, -0.15) is 15.3 Å². The molecule has 0 atom stereocenters. The zero-order chi connectivity index (χ0) is 23.8. The van der Waals surface area contributed by atoms with Crippen molar-refractivity contribution in [2.24, 2.45) is 0 Å². The highest BCUT2D eigenvalue weighted by molar-refractivity contribution is 6.01. The van der Waals surface area contributed by atoms with Crippen LogP contribution in [0.25, 0.3) is 33.1 Å². The van der Waals surface area contributed by atoms with E-state index in [0.717, 1.165) is 50.0 Å². The van der Waals surface area contributed by atoms with E-state index in [1.165, 1.54) is 0 Å². The van der Waals surface area contributed by atoms with Crippen LogP contribution in [0.1, 0.15) is 21.7 Å². The number of Topliss-reactive ketones (excluding diaryl/α,β-unsaturated/α-hetero) is 1. The molecule has 9 nitrogen and oxygen atoms in total. The maximum absolute atomic E-state index is 12.8. The first-order valence-corrected chi connectivity index (χ1v) is 11.1. The van der Waals surface area contributed by atoms with Gasteiger partial charge in [-0.05, 0) is 55.0 Å². The van der Waals surface area contributed by atoms with Gasteiger partial charge in [-0.25, -0.2) is 9.97 Å². The molecule has 6 rings (SSSR count). The molecular weight excluding hydrogens is 440 g/mol. The summed E-state index contributed by atoms with van der Waals surface area (Å²) in [6.07, 6.45) is 5.24. The third kappa shape index (κ3) is 4.22. The van der Waals surface area contributed by atoms with Crippen molar-refractivity contribution in [2.45, 2.75) is 13.3 Å². The van der Waals surface area contributed by atoms with Crippen LogP contribution in [0.3, 0.4) is 0 Å². The smallest absolute Gasteiger partial charge is 0.227 e. The van der Waals surface area contributed by atoms with E-state index in [9.17, 15) is 4.79 Å². The molecule has 0 fully saturated rings. The number of hydrogen-bond donors (Lipinski definition) is 3. The molecule has 0 radical (unpaired) electrons. The van der Waals surface area contributed by atoms with Crippen LogP contribution in [-0.4, -0.2) is 41.1 Å². The molecule has 6 aromatic rings. The normalized spacial score (nSPS) is 11.2. The van der Waals surface area contributed by atoms with Crippen LogP contribution in [0.2, 0.25) is 0 Å². The van der Waals surface area contributed by atoms with E-state index >= 15 is 0 Å². The third-order valence-corrected chi connectivity index (χ3v) is 5.78. The fourth-order valence-electron chi connectivity index (χ4n) is 4.06. The number of aromatic amines is 2. The summed E-state index contributed by atoms with van der Waals surface area (Å²) in [5.41, 5.74) is 6.66. The van der Waals surface area contributed by atoms with E-state index in [0.29, 0.717) is 11.6 Å². The molecule has 35 heavy (non-hydrogen) atoms. The highest BCUT2D eigenvalue weighted by atomic mass is 16.1. The molecule has 0 bridgehead atoms. The number of carbonyl (C=O) groups is 1. The van der Waals surface area contributed by atoms with E-state index in [1.807, 2.05) is 55.5 Å². The topological polar surface area (TPSA) is 125 Å². The van der Waals surface area contributed by atoms with Gasteiger partial charge in [-0.1, -0.05) is 12.1 Å². The number of hydrogen-bond acceptors (Lipinski definition) is 7. The molecule has 2 aromatic carbocycles. The Kier molecular flexibility index (Phi) is 4.99. The predicted octanol–water partition coefficient (Wildman–Crippen LogP) is 4.77. The van der Waals surface area contributed by atoms with Crippen molar-refractivity contribution < 1.29 is 4.79 Å². The average molecular weight is 461 g/mol. The Morgan fingerprint density at radius 2 is 1.86 bits per heavy atom. The Morgan fingerprint density at radius 3 is 2.74 bits per heavy atom. The Labute approximate surface area is 199 Å². The van der Waals surface area contributed by atoms with Crippen LogP contribution in [0.4, 0.5) is 11.6 Å². The van der Waals surface area contributed by atoms with Crippen molar-refractivity contribution in [3.63, 3.8) is 0 Å². The summed E-state index contributed by atoms with van der Waals surface area (Å²) in [6.45, 7) is 1.94. The quantitative estimate of drug-likeness (QED) is 0.306. The van der Waals surface area contributed by atoms with Crippen LogP contribution in [-0.2, 0) is 6.42 Å². The molecule has 0 saturated carbocycles. The van der Waals surface area contributed by atoms with Crippen molar-refractivity contribution in [3.8, 4) is 11.3 Å². The summed E-state index contributed by atoms with van der Waals surface area (Å²) in [6, 6.07) is 17.5. The number of H-pyrrole nitrogens is 2. The van der Waals surface area contributed by atoms with Gasteiger partial charge in [0.2, 0.25) is 5.95 Å². The molecule has 0 amide bonds. The highest BCUT2D eigenvalue weighted by Gasteiger charge is 2.13. The number of benzene rings is 2. The molecule has 0 unspecified atom stereocenters. The first-order valence-electron chi connectivity index (χ1n) is 11.1. The Morgan fingerprint density at radius 1 is 0.914 bits per heavy atom. The summed E-state index contributed by atoms with van der Waals surface area (Å²) >= 11 is 0. The molecule has 0 aliphatic carbocycles. The molecule has 170 valence electrons. The standard InChI is InChI=1S/C26H20N8O/c1-15-8-22(33-26(30-15)31-20-4-5-21-19(10-20)14-29-34-21)17-2-3-18-12-24(32-23(18)11-17)25(35)9-16-6-7-27-28-13-16/h2-8,10-14,32H,9H2,1H3,(H,29,34)(H,30,31,33). The zero-order valence-electron chi connectivity index (χ0n) is 18.8. The lowest BCUT2D eigenvalue weighted by Gasteiger charge is -2.09. The number of nitrogens with one attached hydrogen (secondary N) is 3. The Hall–Kier alpha value is -4.92. The zero-order valence-corrected chi connectivity index (χ0v) is 18.8. The van der Waals surface area contributed by atoms with Gasteiger partial charge in [-0.15, -0.1) is 0 Å². The molecule has 9 heteroatoms. The Bertz CT molecular complexity index is 1690. The van der Waals surface area contributed by atoms with Crippen molar-refractivity contribution >= 4 is 39.2 Å². The fraction of sp³-hybridized carbons (Fsp3) is 0.0769. The minimum absolute atomic E-state index is 0.00490. The molecule has 0 aliphatic rings. The number of anilines is 2. The number of rotatable bonds is 6. The summed E-state index contributed by atoms with van der Waals surface area (Å²) in [5, 5.41) is 19.9. The summed E-state index contributed by atoms with van der Waals surface area (Å²) in [7, 11) is 0. The van der Waals surface area contributed by atoms with Crippen LogP contribution in [0, 0.1) is 6.92 Å². The van der Waals surface area contributed by atoms with Gasteiger partial charge in [-0.3, -0.25) is 9.89 Å². The Balaban J connectivity index is 1.28. The lowest BCUT2D eigenvalue weighted by Crippen LogP contribution is -2.04. The summed E-state index contributed by atoms with van der Waals surface area (Å²) in [4.78, 5) is 25.3. The number of ketones is 1. The second-order valence-electron chi connectivity index (χ2n) is 8.35.